The number of fused-ring (bicyclic) bond motifs is 1. The zero-order chi connectivity index (χ0) is 17.9. The van der Waals surface area contributed by atoms with Crippen LogP contribution in [0.5, 0.6) is 5.75 Å². The SMILES string of the molecule is CCOC(=O)C(C)(C)Oc1ccc2c(c1)CCC(c1ccccc1)C2. The molecule has 0 radical (unpaired) electrons. The number of hydrogen-bond acceptors (Lipinski definition) is 3. The molecule has 0 amide bonds. The van der Waals surface area contributed by atoms with Crippen LogP contribution in [0.3, 0.4) is 0 Å². The summed E-state index contributed by atoms with van der Waals surface area (Å²) in [5, 5.41) is 0. The van der Waals surface area contributed by atoms with Gasteiger partial charge in [-0.25, -0.2) is 4.79 Å². The molecule has 0 saturated carbocycles. The number of aryl methyl sites for hydroxylation is 1. The van der Waals surface area contributed by atoms with E-state index < -0.39 is 5.60 Å². The molecule has 0 heterocycles. The lowest BCUT2D eigenvalue weighted by Gasteiger charge is -2.27. The van der Waals surface area contributed by atoms with Gasteiger partial charge in [0.25, 0.3) is 0 Å². The van der Waals surface area contributed by atoms with E-state index in [1.54, 1.807) is 20.8 Å². The second kappa shape index (κ2) is 7.30. The van der Waals surface area contributed by atoms with E-state index in [-0.39, 0.29) is 5.97 Å². The summed E-state index contributed by atoms with van der Waals surface area (Å²) in [6.07, 6.45) is 3.23. The molecule has 1 atom stereocenters. The number of benzene rings is 2. The second-order valence-corrected chi connectivity index (χ2v) is 7.11. The first-order chi connectivity index (χ1) is 12.0. The van der Waals surface area contributed by atoms with E-state index in [2.05, 4.69) is 42.5 Å². The van der Waals surface area contributed by atoms with E-state index in [1.807, 2.05) is 6.07 Å². The molecule has 0 spiro atoms. The Morgan fingerprint density at radius 2 is 1.88 bits per heavy atom. The van der Waals surface area contributed by atoms with E-state index >= 15 is 0 Å². The zero-order valence-electron chi connectivity index (χ0n) is 15.2. The zero-order valence-corrected chi connectivity index (χ0v) is 15.2. The van der Waals surface area contributed by atoms with Crippen LogP contribution >= 0.6 is 0 Å². The number of ether oxygens (including phenoxy) is 2. The molecule has 0 bridgehead atoms. The van der Waals surface area contributed by atoms with Crippen LogP contribution in [0.25, 0.3) is 0 Å². The third-order valence-electron chi connectivity index (χ3n) is 4.82. The van der Waals surface area contributed by atoms with Gasteiger partial charge >= 0.3 is 5.97 Å². The van der Waals surface area contributed by atoms with Gasteiger partial charge in [0, 0.05) is 0 Å². The first-order valence-electron chi connectivity index (χ1n) is 9.02. The summed E-state index contributed by atoms with van der Waals surface area (Å²) in [5.41, 5.74) is 3.13. The van der Waals surface area contributed by atoms with E-state index in [1.165, 1.54) is 16.7 Å². The molecular formula is C22H26O3. The van der Waals surface area contributed by atoms with Crippen LogP contribution < -0.4 is 4.74 Å². The van der Waals surface area contributed by atoms with Gasteiger partial charge in [-0.05, 0) is 74.8 Å². The standard InChI is InChI=1S/C22H26O3/c1-4-24-21(23)22(2,3)25-20-13-12-18-14-17(10-11-19(18)15-20)16-8-6-5-7-9-16/h5-9,12-13,15,17H,4,10-11,14H2,1-3H3. The van der Waals surface area contributed by atoms with Gasteiger partial charge in [0.2, 0.25) is 0 Å². The van der Waals surface area contributed by atoms with E-state index in [4.69, 9.17) is 9.47 Å². The Morgan fingerprint density at radius 3 is 2.60 bits per heavy atom. The number of esters is 1. The molecule has 0 saturated heterocycles. The summed E-state index contributed by atoms with van der Waals surface area (Å²) < 4.78 is 11.0. The fraction of sp³-hybridized carbons (Fsp3) is 0.409. The molecule has 3 nitrogen and oxygen atoms in total. The average molecular weight is 338 g/mol. The molecule has 0 aromatic heterocycles. The summed E-state index contributed by atoms with van der Waals surface area (Å²) >= 11 is 0. The van der Waals surface area contributed by atoms with Crippen LogP contribution in [0.4, 0.5) is 0 Å². The molecule has 1 unspecified atom stereocenters. The van der Waals surface area contributed by atoms with Gasteiger partial charge in [0.05, 0.1) is 6.61 Å². The van der Waals surface area contributed by atoms with Crippen molar-refractivity contribution in [2.75, 3.05) is 6.61 Å². The van der Waals surface area contributed by atoms with Crippen molar-refractivity contribution in [2.45, 2.75) is 51.6 Å². The van der Waals surface area contributed by atoms with Crippen molar-refractivity contribution in [3.05, 3.63) is 65.2 Å². The second-order valence-electron chi connectivity index (χ2n) is 7.11. The van der Waals surface area contributed by atoms with Crippen molar-refractivity contribution in [3.8, 4) is 5.75 Å². The van der Waals surface area contributed by atoms with Crippen molar-refractivity contribution in [1.29, 1.82) is 0 Å². The highest BCUT2D eigenvalue weighted by molar-refractivity contribution is 5.79. The first-order valence-corrected chi connectivity index (χ1v) is 9.02. The van der Waals surface area contributed by atoms with Crippen LogP contribution in [0.2, 0.25) is 0 Å². The third kappa shape index (κ3) is 4.04. The molecule has 3 heteroatoms. The average Bonchev–Trinajstić information content (AvgIpc) is 2.62. The molecule has 0 N–H and O–H groups in total. The fourth-order valence-electron chi connectivity index (χ4n) is 3.45. The number of hydrogen-bond donors (Lipinski definition) is 0. The van der Waals surface area contributed by atoms with Crippen molar-refractivity contribution >= 4 is 5.97 Å². The lowest BCUT2D eigenvalue weighted by atomic mass is 9.80. The Balaban J connectivity index is 1.73. The smallest absolute Gasteiger partial charge is 0.349 e. The van der Waals surface area contributed by atoms with Crippen LogP contribution in [-0.2, 0) is 22.4 Å². The van der Waals surface area contributed by atoms with Crippen molar-refractivity contribution < 1.29 is 14.3 Å². The van der Waals surface area contributed by atoms with Gasteiger partial charge in [-0.15, -0.1) is 0 Å². The van der Waals surface area contributed by atoms with Crippen molar-refractivity contribution in [3.63, 3.8) is 0 Å². The third-order valence-corrected chi connectivity index (χ3v) is 4.82. The minimum atomic E-state index is -0.981. The Hall–Kier alpha value is -2.29. The molecule has 1 aliphatic carbocycles. The van der Waals surface area contributed by atoms with Crippen molar-refractivity contribution in [1.82, 2.24) is 0 Å². The summed E-state index contributed by atoms with van der Waals surface area (Å²) in [5.74, 6) is 0.975. The van der Waals surface area contributed by atoms with Gasteiger partial charge in [-0.1, -0.05) is 36.4 Å². The van der Waals surface area contributed by atoms with E-state index in [9.17, 15) is 4.79 Å². The minimum Gasteiger partial charge on any atom is -0.476 e. The van der Waals surface area contributed by atoms with Gasteiger partial charge in [0.1, 0.15) is 5.75 Å². The predicted octanol–water partition coefficient (Wildman–Crippen LogP) is 4.68. The van der Waals surface area contributed by atoms with Gasteiger partial charge in [-0.3, -0.25) is 0 Å². The molecule has 132 valence electrons. The number of carbonyl (C=O) groups is 1. The molecule has 2 aromatic carbocycles. The predicted molar refractivity (Wildman–Crippen MR) is 99.0 cm³/mol. The molecule has 25 heavy (non-hydrogen) atoms. The maximum Gasteiger partial charge on any atom is 0.349 e. The highest BCUT2D eigenvalue weighted by Gasteiger charge is 2.32. The van der Waals surface area contributed by atoms with Crippen LogP contribution in [0.15, 0.2) is 48.5 Å². The normalized spacial score (nSPS) is 16.8. The van der Waals surface area contributed by atoms with Gasteiger partial charge in [-0.2, -0.15) is 0 Å². The number of rotatable bonds is 5. The maximum absolute atomic E-state index is 12.0. The molecule has 0 fully saturated rings. The lowest BCUT2D eigenvalue weighted by molar-refractivity contribution is -0.158. The summed E-state index contributed by atoms with van der Waals surface area (Å²) in [6, 6.07) is 16.9. The van der Waals surface area contributed by atoms with Gasteiger partial charge in [0.15, 0.2) is 5.60 Å². The van der Waals surface area contributed by atoms with Crippen LogP contribution in [0, 0.1) is 0 Å². The molecule has 2 aromatic rings. The molecule has 1 aliphatic rings. The quantitative estimate of drug-likeness (QED) is 0.743. The summed E-state index contributed by atoms with van der Waals surface area (Å²) in [6.45, 7) is 5.65. The Kier molecular flexibility index (Phi) is 5.12. The van der Waals surface area contributed by atoms with E-state index in [0.717, 1.165) is 25.0 Å². The Labute approximate surface area is 150 Å². The Morgan fingerprint density at radius 1 is 1.12 bits per heavy atom. The largest absolute Gasteiger partial charge is 0.476 e. The van der Waals surface area contributed by atoms with Crippen molar-refractivity contribution in [2.24, 2.45) is 0 Å². The van der Waals surface area contributed by atoms with E-state index in [0.29, 0.717) is 12.5 Å². The van der Waals surface area contributed by atoms with Crippen LogP contribution in [0.1, 0.15) is 49.8 Å². The molecule has 3 rings (SSSR count). The Bertz CT molecular complexity index is 734. The van der Waals surface area contributed by atoms with Crippen LogP contribution in [-0.4, -0.2) is 18.2 Å². The molecule has 0 aliphatic heterocycles. The first kappa shape index (κ1) is 17.5. The highest BCUT2D eigenvalue weighted by Crippen LogP contribution is 2.34. The highest BCUT2D eigenvalue weighted by atomic mass is 16.6. The minimum absolute atomic E-state index is 0.336. The maximum atomic E-state index is 12.0. The summed E-state index contributed by atoms with van der Waals surface area (Å²) in [7, 11) is 0. The topological polar surface area (TPSA) is 35.5 Å². The number of carbonyl (C=O) groups excluding carboxylic acids is 1. The summed E-state index contributed by atoms with van der Waals surface area (Å²) in [4.78, 5) is 12.0. The molecular weight excluding hydrogens is 312 g/mol. The fourth-order valence-corrected chi connectivity index (χ4v) is 3.45. The van der Waals surface area contributed by atoms with Gasteiger partial charge < -0.3 is 9.47 Å². The monoisotopic (exact) mass is 338 g/mol. The lowest BCUT2D eigenvalue weighted by Crippen LogP contribution is -2.39.